The lowest BCUT2D eigenvalue weighted by Crippen LogP contribution is -2.34. The number of carbonyl (C=O) groups is 1. The monoisotopic (exact) mass is 321 g/mol. The van der Waals surface area contributed by atoms with Crippen LogP contribution in [0.25, 0.3) is 0 Å². The third kappa shape index (κ3) is 4.76. The average Bonchev–Trinajstić information content (AvgIpc) is 2.49. The number of carbonyl (C=O) groups excluding carboxylic acids is 1. The zero-order chi connectivity index (χ0) is 15.2. The highest BCUT2D eigenvalue weighted by atomic mass is 35.5. The number of hydrogen-bond acceptors (Lipinski definition) is 1. The summed E-state index contributed by atoms with van der Waals surface area (Å²) in [6.45, 7) is 1.98. The Morgan fingerprint density at radius 1 is 1.14 bits per heavy atom. The van der Waals surface area contributed by atoms with E-state index in [0.717, 1.165) is 17.5 Å². The zero-order valence-electron chi connectivity index (χ0n) is 11.8. The van der Waals surface area contributed by atoms with Crippen LogP contribution in [0.5, 0.6) is 0 Å². The van der Waals surface area contributed by atoms with Gasteiger partial charge in [-0.15, -0.1) is 11.6 Å². The molecule has 0 radical (unpaired) electrons. The van der Waals surface area contributed by atoms with E-state index in [1.54, 1.807) is 6.07 Å². The number of rotatable bonds is 5. The quantitative estimate of drug-likeness (QED) is 0.810. The normalized spacial score (nSPS) is 12.0. The highest BCUT2D eigenvalue weighted by Crippen LogP contribution is 2.12. The van der Waals surface area contributed by atoms with Gasteiger partial charge in [-0.2, -0.15) is 0 Å². The van der Waals surface area contributed by atoms with Crippen LogP contribution in [0.3, 0.4) is 0 Å². The van der Waals surface area contributed by atoms with Gasteiger partial charge in [-0.05, 0) is 48.7 Å². The van der Waals surface area contributed by atoms with Crippen LogP contribution in [0.15, 0.2) is 48.5 Å². The van der Waals surface area contributed by atoms with Gasteiger partial charge in [0, 0.05) is 22.5 Å². The fourth-order valence-corrected chi connectivity index (χ4v) is 2.42. The second-order valence-corrected chi connectivity index (χ2v) is 5.74. The van der Waals surface area contributed by atoms with Crippen LogP contribution < -0.4 is 5.32 Å². The highest BCUT2D eigenvalue weighted by molar-refractivity contribution is 6.30. The lowest BCUT2D eigenvalue weighted by Gasteiger charge is -2.14. The summed E-state index contributed by atoms with van der Waals surface area (Å²) >= 11 is 11.6. The maximum atomic E-state index is 12.2. The predicted octanol–water partition coefficient (Wildman–Crippen LogP) is 4.44. The summed E-state index contributed by atoms with van der Waals surface area (Å²) in [5, 5.41) is 3.71. The maximum absolute atomic E-state index is 12.2. The van der Waals surface area contributed by atoms with Gasteiger partial charge >= 0.3 is 0 Å². The van der Waals surface area contributed by atoms with E-state index < -0.39 is 0 Å². The molecule has 4 heteroatoms. The van der Waals surface area contributed by atoms with Crippen LogP contribution in [0.4, 0.5) is 0 Å². The first-order chi connectivity index (χ1) is 10.1. The second-order valence-electron chi connectivity index (χ2n) is 5.04. The van der Waals surface area contributed by atoms with Crippen LogP contribution in [0.2, 0.25) is 5.02 Å². The fraction of sp³-hybridized carbons (Fsp3) is 0.235. The smallest absolute Gasteiger partial charge is 0.251 e. The van der Waals surface area contributed by atoms with Gasteiger partial charge in [-0.3, -0.25) is 4.79 Å². The van der Waals surface area contributed by atoms with Crippen LogP contribution >= 0.6 is 23.2 Å². The molecule has 2 nitrogen and oxygen atoms in total. The van der Waals surface area contributed by atoms with Crippen molar-refractivity contribution in [3.05, 3.63) is 70.2 Å². The SMILES string of the molecule is CC(Cc1ccc(Cl)cc1)NC(=O)c1cccc(CCl)c1. The summed E-state index contributed by atoms with van der Waals surface area (Å²) in [6, 6.07) is 15.1. The van der Waals surface area contributed by atoms with Crippen molar-refractivity contribution in [1.82, 2.24) is 5.32 Å². The lowest BCUT2D eigenvalue weighted by molar-refractivity contribution is 0.0940. The Balaban J connectivity index is 1.96. The maximum Gasteiger partial charge on any atom is 0.251 e. The van der Waals surface area contributed by atoms with Crippen LogP contribution in [-0.2, 0) is 12.3 Å². The van der Waals surface area contributed by atoms with E-state index in [9.17, 15) is 4.79 Å². The van der Waals surface area contributed by atoms with Crippen molar-refractivity contribution < 1.29 is 4.79 Å². The van der Waals surface area contributed by atoms with Gasteiger partial charge in [-0.25, -0.2) is 0 Å². The van der Waals surface area contributed by atoms with E-state index in [2.05, 4.69) is 5.32 Å². The lowest BCUT2D eigenvalue weighted by atomic mass is 10.1. The number of benzene rings is 2. The van der Waals surface area contributed by atoms with Crippen LogP contribution in [0.1, 0.15) is 28.4 Å². The van der Waals surface area contributed by atoms with Gasteiger partial charge in [0.05, 0.1) is 0 Å². The molecule has 110 valence electrons. The Labute approximate surface area is 135 Å². The first-order valence-corrected chi connectivity index (χ1v) is 7.70. The Morgan fingerprint density at radius 2 is 1.86 bits per heavy atom. The number of amides is 1. The molecule has 0 aromatic heterocycles. The van der Waals surface area contributed by atoms with E-state index in [1.807, 2.05) is 49.4 Å². The van der Waals surface area contributed by atoms with E-state index >= 15 is 0 Å². The van der Waals surface area contributed by atoms with Crippen molar-refractivity contribution in [2.24, 2.45) is 0 Å². The summed E-state index contributed by atoms with van der Waals surface area (Å²) in [6.07, 6.45) is 0.762. The van der Waals surface area contributed by atoms with Gasteiger partial charge in [0.2, 0.25) is 0 Å². The molecule has 0 heterocycles. The Kier molecular flexibility index (Phi) is 5.66. The van der Waals surface area contributed by atoms with Crippen LogP contribution in [-0.4, -0.2) is 11.9 Å². The minimum atomic E-state index is -0.0802. The molecule has 2 aromatic carbocycles. The summed E-state index contributed by atoms with van der Waals surface area (Å²) in [4.78, 5) is 12.2. The van der Waals surface area contributed by atoms with Crippen molar-refractivity contribution in [2.75, 3.05) is 0 Å². The molecule has 0 aliphatic heterocycles. The molecular formula is C17H17Cl2NO. The van der Waals surface area contributed by atoms with Crippen molar-refractivity contribution >= 4 is 29.1 Å². The number of hydrogen-bond donors (Lipinski definition) is 1. The van der Waals surface area contributed by atoms with Crippen LogP contribution in [0, 0.1) is 0 Å². The molecule has 0 saturated carbocycles. The van der Waals surface area contributed by atoms with Crippen molar-refractivity contribution in [3.63, 3.8) is 0 Å². The number of alkyl halides is 1. The predicted molar refractivity (Wildman–Crippen MR) is 88.1 cm³/mol. The molecule has 0 aliphatic rings. The van der Waals surface area contributed by atoms with Crippen molar-refractivity contribution in [3.8, 4) is 0 Å². The van der Waals surface area contributed by atoms with Crippen molar-refractivity contribution in [2.45, 2.75) is 25.3 Å². The molecule has 0 fully saturated rings. The highest BCUT2D eigenvalue weighted by Gasteiger charge is 2.10. The third-order valence-corrected chi connectivity index (χ3v) is 3.74. The zero-order valence-corrected chi connectivity index (χ0v) is 13.3. The molecule has 1 unspecified atom stereocenters. The minimum absolute atomic E-state index is 0.0401. The molecule has 1 atom stereocenters. The van der Waals surface area contributed by atoms with E-state index in [4.69, 9.17) is 23.2 Å². The second kappa shape index (κ2) is 7.48. The number of halogens is 2. The molecule has 0 aliphatic carbocycles. The first kappa shape index (κ1) is 15.9. The first-order valence-electron chi connectivity index (χ1n) is 6.78. The fourth-order valence-electron chi connectivity index (χ4n) is 2.13. The summed E-state index contributed by atoms with van der Waals surface area (Å²) < 4.78 is 0. The number of nitrogens with one attached hydrogen (secondary N) is 1. The van der Waals surface area contributed by atoms with E-state index in [-0.39, 0.29) is 11.9 Å². The molecule has 2 rings (SSSR count). The minimum Gasteiger partial charge on any atom is -0.349 e. The van der Waals surface area contributed by atoms with E-state index in [0.29, 0.717) is 16.5 Å². The molecule has 2 aromatic rings. The van der Waals surface area contributed by atoms with Gasteiger partial charge in [0.25, 0.3) is 5.91 Å². The summed E-state index contributed by atoms with van der Waals surface area (Å²) in [7, 11) is 0. The molecule has 1 N–H and O–H groups in total. The average molecular weight is 322 g/mol. The topological polar surface area (TPSA) is 29.1 Å². The molecule has 0 saturated heterocycles. The molecule has 21 heavy (non-hydrogen) atoms. The molecule has 1 amide bonds. The standard InChI is InChI=1S/C17H17Cl2NO/c1-12(9-13-5-7-16(19)8-6-13)20-17(21)15-4-2-3-14(10-15)11-18/h2-8,10,12H,9,11H2,1H3,(H,20,21). The Morgan fingerprint density at radius 3 is 2.52 bits per heavy atom. The Bertz CT molecular complexity index is 610. The largest absolute Gasteiger partial charge is 0.349 e. The van der Waals surface area contributed by atoms with Gasteiger partial charge in [-0.1, -0.05) is 35.9 Å². The Hall–Kier alpha value is -1.51. The summed E-state index contributed by atoms with van der Waals surface area (Å²) in [5.41, 5.74) is 2.72. The molecule has 0 bridgehead atoms. The van der Waals surface area contributed by atoms with Gasteiger partial charge < -0.3 is 5.32 Å². The summed E-state index contributed by atoms with van der Waals surface area (Å²) in [5.74, 6) is 0.324. The van der Waals surface area contributed by atoms with Gasteiger partial charge in [0.1, 0.15) is 0 Å². The third-order valence-electron chi connectivity index (χ3n) is 3.18. The molecule has 0 spiro atoms. The van der Waals surface area contributed by atoms with E-state index in [1.165, 1.54) is 0 Å². The molecular weight excluding hydrogens is 305 g/mol. The van der Waals surface area contributed by atoms with Crippen molar-refractivity contribution in [1.29, 1.82) is 0 Å². The van der Waals surface area contributed by atoms with Gasteiger partial charge in [0.15, 0.2) is 0 Å².